The Morgan fingerprint density at radius 1 is 0.939 bits per heavy atom. The Labute approximate surface area is 190 Å². The predicted molar refractivity (Wildman–Crippen MR) is 121 cm³/mol. The van der Waals surface area contributed by atoms with Crippen LogP contribution in [0.1, 0.15) is 9.67 Å². The van der Waals surface area contributed by atoms with Crippen molar-refractivity contribution in [2.45, 2.75) is 6.18 Å². The Hall–Kier alpha value is -3.72. The highest BCUT2D eigenvalue weighted by molar-refractivity contribution is 7.21. The number of anilines is 2. The van der Waals surface area contributed by atoms with Crippen molar-refractivity contribution in [3.63, 3.8) is 0 Å². The largest absolute Gasteiger partial charge is 0.471 e. The van der Waals surface area contributed by atoms with Crippen molar-refractivity contribution in [1.82, 2.24) is 0 Å². The molecule has 0 bridgehead atoms. The molecule has 4 aromatic rings. The Kier molecular flexibility index (Phi) is 5.90. The highest BCUT2D eigenvalue weighted by atomic mass is 32.1. The van der Waals surface area contributed by atoms with E-state index in [1.54, 1.807) is 29.6 Å². The van der Waals surface area contributed by atoms with Gasteiger partial charge in [0.15, 0.2) is 0 Å². The van der Waals surface area contributed by atoms with E-state index in [4.69, 9.17) is 0 Å². The normalized spacial score (nSPS) is 11.4. The van der Waals surface area contributed by atoms with Crippen LogP contribution in [0.15, 0.2) is 72.8 Å². The second-order valence-electron chi connectivity index (χ2n) is 7.20. The number of amides is 2. The first-order chi connectivity index (χ1) is 15.6. The maximum atomic E-state index is 13.3. The van der Waals surface area contributed by atoms with Gasteiger partial charge in [0.2, 0.25) is 0 Å². The highest BCUT2D eigenvalue weighted by Gasteiger charge is 2.38. The zero-order chi connectivity index (χ0) is 23.8. The number of nitrogens with zero attached hydrogens (tertiary/aromatic N) is 1. The summed E-state index contributed by atoms with van der Waals surface area (Å²) in [6, 6.07) is 19.0. The second kappa shape index (κ2) is 8.67. The number of carbonyl (C=O) groups excluding carboxylic acids is 2. The maximum absolute atomic E-state index is 13.3. The lowest BCUT2D eigenvalue weighted by Crippen LogP contribution is -2.30. The molecule has 1 aromatic heterocycles. The number of nitrogens with one attached hydrogen (secondary N) is 1. The van der Waals surface area contributed by atoms with Gasteiger partial charge in [-0.05, 0) is 53.6 Å². The minimum atomic E-state index is -5.02. The van der Waals surface area contributed by atoms with Gasteiger partial charge >= 0.3 is 12.1 Å². The molecule has 168 valence electrons. The summed E-state index contributed by atoms with van der Waals surface area (Å²) in [5.74, 6) is -2.80. The van der Waals surface area contributed by atoms with Crippen LogP contribution in [0.5, 0.6) is 0 Å². The zero-order valence-electron chi connectivity index (χ0n) is 17.1. The van der Waals surface area contributed by atoms with Crippen LogP contribution in [0.3, 0.4) is 0 Å². The number of hydrogen-bond donors (Lipinski definition) is 1. The van der Waals surface area contributed by atoms with Crippen molar-refractivity contribution in [3.8, 4) is 11.1 Å². The predicted octanol–water partition coefficient (Wildman–Crippen LogP) is 6.48. The summed E-state index contributed by atoms with van der Waals surface area (Å²) in [6.07, 6.45) is -5.02. The van der Waals surface area contributed by atoms with Crippen molar-refractivity contribution < 1.29 is 27.2 Å². The van der Waals surface area contributed by atoms with E-state index in [0.29, 0.717) is 10.6 Å². The van der Waals surface area contributed by atoms with E-state index in [-0.39, 0.29) is 17.4 Å². The standard InChI is InChI=1S/C24H16F4N2O2S/c1-30(17-5-2-4-16(12-17)29-23(32)24(26,27)28)22(31)21-13-19-18(6-3-7-20(19)33-21)14-8-10-15(25)11-9-14/h2-13H,1H3,(H,29,32). The van der Waals surface area contributed by atoms with Gasteiger partial charge in [-0.1, -0.05) is 30.3 Å². The lowest BCUT2D eigenvalue weighted by atomic mass is 10.0. The van der Waals surface area contributed by atoms with E-state index in [2.05, 4.69) is 0 Å². The zero-order valence-corrected chi connectivity index (χ0v) is 17.9. The number of alkyl halides is 3. The number of halogens is 4. The van der Waals surface area contributed by atoms with E-state index < -0.39 is 12.1 Å². The quantitative estimate of drug-likeness (QED) is 0.346. The fourth-order valence-electron chi connectivity index (χ4n) is 3.32. The Balaban J connectivity index is 1.62. The van der Waals surface area contributed by atoms with Crippen LogP contribution < -0.4 is 10.2 Å². The molecular formula is C24H16F4N2O2S. The molecule has 0 spiro atoms. The molecule has 0 saturated heterocycles. The highest BCUT2D eigenvalue weighted by Crippen LogP contribution is 2.35. The molecule has 0 aliphatic rings. The third-order valence-electron chi connectivity index (χ3n) is 4.98. The van der Waals surface area contributed by atoms with Crippen LogP contribution in [0.25, 0.3) is 21.2 Å². The fourth-order valence-corrected chi connectivity index (χ4v) is 4.39. The molecule has 0 aliphatic carbocycles. The van der Waals surface area contributed by atoms with Crippen LogP contribution in [-0.2, 0) is 4.79 Å². The maximum Gasteiger partial charge on any atom is 0.471 e. The molecule has 2 amide bonds. The smallest absolute Gasteiger partial charge is 0.318 e. The van der Waals surface area contributed by atoms with Crippen molar-refractivity contribution in [2.24, 2.45) is 0 Å². The molecule has 4 rings (SSSR count). The topological polar surface area (TPSA) is 49.4 Å². The minimum absolute atomic E-state index is 0.0792. The van der Waals surface area contributed by atoms with Gasteiger partial charge in [-0.15, -0.1) is 11.3 Å². The number of benzene rings is 3. The SMILES string of the molecule is CN(C(=O)c1cc2c(-c3ccc(F)cc3)cccc2s1)c1cccc(NC(=O)C(F)(F)F)c1. The Morgan fingerprint density at radius 3 is 2.33 bits per heavy atom. The molecule has 9 heteroatoms. The van der Waals surface area contributed by atoms with Crippen LogP contribution in [0.2, 0.25) is 0 Å². The van der Waals surface area contributed by atoms with Gasteiger partial charge in [-0.3, -0.25) is 9.59 Å². The van der Waals surface area contributed by atoms with Crippen molar-refractivity contribution >= 4 is 44.6 Å². The first-order valence-electron chi connectivity index (χ1n) is 9.68. The Bertz CT molecular complexity index is 1350. The summed E-state index contributed by atoms with van der Waals surface area (Å²) < 4.78 is 51.7. The first-order valence-corrected chi connectivity index (χ1v) is 10.5. The lowest BCUT2D eigenvalue weighted by Gasteiger charge is -2.17. The van der Waals surface area contributed by atoms with Crippen LogP contribution in [0.4, 0.5) is 28.9 Å². The summed E-state index contributed by atoms with van der Waals surface area (Å²) in [7, 11) is 1.50. The van der Waals surface area contributed by atoms with Gasteiger partial charge in [0.1, 0.15) is 5.82 Å². The van der Waals surface area contributed by atoms with Crippen LogP contribution in [-0.4, -0.2) is 25.0 Å². The molecule has 0 aliphatic heterocycles. The van der Waals surface area contributed by atoms with E-state index in [1.807, 2.05) is 18.2 Å². The van der Waals surface area contributed by atoms with Crippen molar-refractivity contribution in [3.05, 3.63) is 83.5 Å². The third-order valence-corrected chi connectivity index (χ3v) is 6.07. The molecular weight excluding hydrogens is 456 g/mol. The van der Waals surface area contributed by atoms with Crippen LogP contribution in [0, 0.1) is 5.82 Å². The van der Waals surface area contributed by atoms with E-state index >= 15 is 0 Å². The number of rotatable bonds is 4. The van der Waals surface area contributed by atoms with Crippen molar-refractivity contribution in [2.75, 3.05) is 17.3 Å². The summed E-state index contributed by atoms with van der Waals surface area (Å²) in [4.78, 5) is 26.0. The molecule has 0 fully saturated rings. The monoisotopic (exact) mass is 472 g/mol. The summed E-state index contributed by atoms with van der Waals surface area (Å²) in [5, 5.41) is 2.61. The molecule has 0 radical (unpaired) electrons. The van der Waals surface area contributed by atoms with Crippen molar-refractivity contribution in [1.29, 1.82) is 0 Å². The average molecular weight is 472 g/mol. The summed E-state index contributed by atoms with van der Waals surface area (Å²) in [5.41, 5.74) is 1.89. The Morgan fingerprint density at radius 2 is 1.64 bits per heavy atom. The number of carbonyl (C=O) groups is 2. The number of thiophene rings is 1. The van der Waals surface area contributed by atoms with Gasteiger partial charge in [-0.2, -0.15) is 13.2 Å². The molecule has 0 atom stereocenters. The molecule has 3 aromatic carbocycles. The molecule has 0 saturated carbocycles. The lowest BCUT2D eigenvalue weighted by molar-refractivity contribution is -0.167. The van der Waals surface area contributed by atoms with Gasteiger partial charge in [0, 0.05) is 28.5 Å². The van der Waals surface area contributed by atoms with Gasteiger partial charge in [-0.25, -0.2) is 4.39 Å². The van der Waals surface area contributed by atoms with Crippen LogP contribution >= 0.6 is 11.3 Å². The fraction of sp³-hybridized carbons (Fsp3) is 0.0833. The summed E-state index contributed by atoms with van der Waals surface area (Å²) in [6.45, 7) is 0. The average Bonchev–Trinajstić information content (AvgIpc) is 3.23. The van der Waals surface area contributed by atoms with E-state index in [0.717, 1.165) is 21.2 Å². The first kappa shape index (κ1) is 22.5. The molecule has 1 heterocycles. The van der Waals surface area contributed by atoms with E-state index in [1.165, 1.54) is 53.6 Å². The van der Waals surface area contributed by atoms with E-state index in [9.17, 15) is 27.2 Å². The molecule has 4 nitrogen and oxygen atoms in total. The number of fused-ring (bicyclic) bond motifs is 1. The third kappa shape index (κ3) is 4.73. The van der Waals surface area contributed by atoms with Gasteiger partial charge < -0.3 is 10.2 Å². The number of hydrogen-bond acceptors (Lipinski definition) is 3. The second-order valence-corrected chi connectivity index (χ2v) is 8.29. The summed E-state index contributed by atoms with van der Waals surface area (Å²) >= 11 is 1.27. The molecule has 0 unspecified atom stereocenters. The molecule has 1 N–H and O–H groups in total. The van der Waals surface area contributed by atoms with Gasteiger partial charge in [0.05, 0.1) is 4.88 Å². The van der Waals surface area contributed by atoms with Gasteiger partial charge in [0.25, 0.3) is 5.91 Å². The molecule has 33 heavy (non-hydrogen) atoms. The minimum Gasteiger partial charge on any atom is -0.318 e.